The number of anilines is 1. The molecule has 3 aromatic rings. The van der Waals surface area contributed by atoms with Crippen LogP contribution in [0.25, 0.3) is 0 Å². The zero-order chi connectivity index (χ0) is 28.8. The van der Waals surface area contributed by atoms with E-state index < -0.39 is 11.9 Å². The van der Waals surface area contributed by atoms with Gasteiger partial charge in [-0.25, -0.2) is 4.79 Å². The van der Waals surface area contributed by atoms with Crippen molar-refractivity contribution in [3.8, 4) is 0 Å². The molecule has 0 aromatic heterocycles. The molecule has 4 N–H and O–H groups in total. The maximum Gasteiger partial charge on any atom is 0.319 e. The zero-order valence-electron chi connectivity index (χ0n) is 23.3. The number of ether oxygens (including phenoxy) is 2. The number of carbonyl (C=O) groups excluding carboxylic acids is 1. The molecule has 5 rings (SSSR count). The Kier molecular flexibility index (Phi) is 9.60. The van der Waals surface area contributed by atoms with Gasteiger partial charge >= 0.3 is 6.03 Å². The summed E-state index contributed by atoms with van der Waals surface area (Å²) in [5.74, 6) is 0. The number of rotatable bonds is 8. The number of nitrogens with one attached hydrogen (secondary N) is 2. The summed E-state index contributed by atoms with van der Waals surface area (Å²) in [6.07, 6.45) is 0.981. The highest BCUT2D eigenvalue weighted by Gasteiger charge is 2.37. The molecule has 2 aliphatic heterocycles. The van der Waals surface area contributed by atoms with Crippen LogP contribution in [-0.2, 0) is 21.7 Å². The predicted octanol–water partition coefficient (Wildman–Crippen LogP) is 5.50. The lowest BCUT2D eigenvalue weighted by atomic mass is 9.84. The van der Waals surface area contributed by atoms with Gasteiger partial charge in [-0.3, -0.25) is 0 Å². The smallest absolute Gasteiger partial charge is 0.319 e. The number of benzene rings is 3. The second kappa shape index (κ2) is 13.3. The van der Waals surface area contributed by atoms with Crippen LogP contribution in [0.15, 0.2) is 72.8 Å². The van der Waals surface area contributed by atoms with E-state index in [-0.39, 0.29) is 24.8 Å². The number of amides is 2. The first-order chi connectivity index (χ1) is 19.8. The molecule has 8 nitrogen and oxygen atoms in total. The Morgan fingerprint density at radius 3 is 2.44 bits per heavy atom. The number of halogens is 1. The molecular weight excluding hydrogens is 542 g/mol. The first-order valence-corrected chi connectivity index (χ1v) is 14.6. The second-order valence-corrected chi connectivity index (χ2v) is 11.2. The van der Waals surface area contributed by atoms with Gasteiger partial charge in [-0.2, -0.15) is 0 Å². The Hall–Kier alpha value is -2.98. The maximum absolute atomic E-state index is 12.1. The fourth-order valence-corrected chi connectivity index (χ4v) is 5.70. The van der Waals surface area contributed by atoms with Crippen molar-refractivity contribution in [3.05, 3.63) is 100 Å². The van der Waals surface area contributed by atoms with Gasteiger partial charge < -0.3 is 35.2 Å². The summed E-state index contributed by atoms with van der Waals surface area (Å²) in [6, 6.07) is 22.5. The number of likely N-dealkylation sites (tertiary alicyclic amines) is 1. The number of piperidine rings is 1. The van der Waals surface area contributed by atoms with Gasteiger partial charge in [0.05, 0.1) is 24.4 Å². The summed E-state index contributed by atoms with van der Waals surface area (Å²) in [6.45, 7) is 4.58. The van der Waals surface area contributed by atoms with Crippen molar-refractivity contribution in [1.29, 1.82) is 0 Å². The third-order valence-corrected chi connectivity index (χ3v) is 8.15. The molecule has 2 fully saturated rings. The first kappa shape index (κ1) is 29.5. The molecule has 9 heteroatoms. The Labute approximate surface area is 246 Å². The van der Waals surface area contributed by atoms with Crippen molar-refractivity contribution in [1.82, 2.24) is 10.2 Å². The number of urea groups is 1. The molecule has 3 aromatic carbocycles. The van der Waals surface area contributed by atoms with Crippen LogP contribution in [0, 0.1) is 0 Å². The minimum absolute atomic E-state index is 0.0110. The lowest BCUT2D eigenvalue weighted by molar-refractivity contribution is -0.253. The molecule has 218 valence electrons. The topological polar surface area (TPSA) is 103 Å². The number of hydrogen-bond donors (Lipinski definition) is 4. The number of hydrogen-bond acceptors (Lipinski definition) is 6. The SMILES string of the molecule is CCNC(=O)Nc1cccc(C2OC(CN3CCC(O)(c4ccc(Cl)cc4)CC3)CC(c3ccc(CO)cc3)O2)c1. The van der Waals surface area contributed by atoms with E-state index in [1.807, 2.05) is 79.7 Å². The molecule has 2 aliphatic rings. The molecule has 3 atom stereocenters. The molecule has 0 saturated carbocycles. The Morgan fingerprint density at radius 2 is 1.76 bits per heavy atom. The second-order valence-electron chi connectivity index (χ2n) is 10.8. The van der Waals surface area contributed by atoms with Crippen molar-refractivity contribution < 1.29 is 24.5 Å². The van der Waals surface area contributed by atoms with E-state index >= 15 is 0 Å². The lowest BCUT2D eigenvalue weighted by Gasteiger charge is -2.42. The van der Waals surface area contributed by atoms with E-state index in [0.717, 1.165) is 35.3 Å². The molecular formula is C32H38ClN3O5. The molecule has 0 radical (unpaired) electrons. The Morgan fingerprint density at radius 1 is 1.02 bits per heavy atom. The van der Waals surface area contributed by atoms with Crippen LogP contribution in [0.3, 0.4) is 0 Å². The van der Waals surface area contributed by atoms with E-state index in [1.165, 1.54) is 0 Å². The average molecular weight is 580 g/mol. The number of aliphatic hydroxyl groups is 2. The maximum atomic E-state index is 12.1. The monoisotopic (exact) mass is 579 g/mol. The summed E-state index contributed by atoms with van der Waals surface area (Å²) >= 11 is 6.05. The van der Waals surface area contributed by atoms with Crippen LogP contribution < -0.4 is 10.6 Å². The first-order valence-electron chi connectivity index (χ1n) is 14.2. The van der Waals surface area contributed by atoms with E-state index in [0.29, 0.717) is 43.1 Å². The third-order valence-electron chi connectivity index (χ3n) is 7.90. The standard InChI is InChI=1S/C32H38ClN3O5/c1-2-34-31(38)35-27-5-3-4-24(18-27)30-40-28(19-29(41-30)23-8-6-22(21-37)7-9-23)20-36-16-14-32(39,15-17-36)25-10-12-26(33)13-11-25/h3-13,18,28-30,37,39H,2,14-17,19-21H2,1H3,(H2,34,35,38). The largest absolute Gasteiger partial charge is 0.392 e. The van der Waals surface area contributed by atoms with Crippen molar-refractivity contribution in [2.75, 3.05) is 31.5 Å². The molecule has 41 heavy (non-hydrogen) atoms. The summed E-state index contributed by atoms with van der Waals surface area (Å²) in [5.41, 5.74) is 3.37. The fraction of sp³-hybridized carbons (Fsp3) is 0.406. The lowest BCUT2D eigenvalue weighted by Crippen LogP contribution is -2.46. The van der Waals surface area contributed by atoms with Gasteiger partial charge in [0.15, 0.2) is 6.29 Å². The van der Waals surface area contributed by atoms with Gasteiger partial charge in [-0.15, -0.1) is 0 Å². The zero-order valence-corrected chi connectivity index (χ0v) is 24.0. The summed E-state index contributed by atoms with van der Waals surface area (Å²) < 4.78 is 13.0. The van der Waals surface area contributed by atoms with Gasteiger partial charge in [0.1, 0.15) is 0 Å². The number of carbonyl (C=O) groups is 1. The Bertz CT molecular complexity index is 1300. The van der Waals surface area contributed by atoms with Gasteiger partial charge in [0.25, 0.3) is 0 Å². The van der Waals surface area contributed by atoms with Crippen molar-refractivity contribution in [3.63, 3.8) is 0 Å². The van der Waals surface area contributed by atoms with Crippen molar-refractivity contribution >= 4 is 23.3 Å². The van der Waals surface area contributed by atoms with E-state index in [1.54, 1.807) is 0 Å². The van der Waals surface area contributed by atoms with Crippen LogP contribution in [0.4, 0.5) is 10.5 Å². The fourth-order valence-electron chi connectivity index (χ4n) is 5.57. The molecule has 0 bridgehead atoms. The molecule has 3 unspecified atom stereocenters. The molecule has 2 heterocycles. The quantitative estimate of drug-likeness (QED) is 0.281. The van der Waals surface area contributed by atoms with Crippen LogP contribution in [0.2, 0.25) is 5.02 Å². The highest BCUT2D eigenvalue weighted by atomic mass is 35.5. The molecule has 2 saturated heterocycles. The van der Waals surface area contributed by atoms with Gasteiger partial charge in [0, 0.05) is 48.9 Å². The van der Waals surface area contributed by atoms with Crippen LogP contribution in [0.1, 0.15) is 60.8 Å². The minimum atomic E-state index is -0.866. The number of aliphatic hydroxyl groups excluding tert-OH is 1. The number of nitrogens with zero attached hydrogens (tertiary/aromatic N) is 1. The van der Waals surface area contributed by atoms with Crippen molar-refractivity contribution in [2.45, 2.75) is 56.9 Å². The summed E-state index contributed by atoms with van der Waals surface area (Å²) in [4.78, 5) is 14.4. The minimum Gasteiger partial charge on any atom is -0.392 e. The van der Waals surface area contributed by atoms with Gasteiger partial charge in [0.2, 0.25) is 0 Å². The highest BCUT2D eigenvalue weighted by molar-refractivity contribution is 6.30. The molecule has 0 spiro atoms. The van der Waals surface area contributed by atoms with Gasteiger partial charge in [-0.05, 0) is 60.7 Å². The van der Waals surface area contributed by atoms with Crippen molar-refractivity contribution in [2.24, 2.45) is 0 Å². The predicted molar refractivity (Wildman–Crippen MR) is 159 cm³/mol. The normalized spacial score (nSPS) is 22.7. The highest BCUT2D eigenvalue weighted by Crippen LogP contribution is 2.40. The Balaban J connectivity index is 1.30. The summed E-state index contributed by atoms with van der Waals surface area (Å²) in [5, 5.41) is 27.1. The third kappa shape index (κ3) is 7.46. The van der Waals surface area contributed by atoms with Crippen LogP contribution in [-0.4, -0.2) is 53.4 Å². The van der Waals surface area contributed by atoms with E-state index in [2.05, 4.69) is 15.5 Å². The molecule has 2 amide bonds. The van der Waals surface area contributed by atoms with Crippen LogP contribution >= 0.6 is 11.6 Å². The summed E-state index contributed by atoms with van der Waals surface area (Å²) in [7, 11) is 0. The van der Waals surface area contributed by atoms with E-state index in [9.17, 15) is 15.0 Å². The van der Waals surface area contributed by atoms with Gasteiger partial charge in [-0.1, -0.05) is 60.1 Å². The van der Waals surface area contributed by atoms with Crippen LogP contribution in [0.5, 0.6) is 0 Å². The molecule has 0 aliphatic carbocycles. The van der Waals surface area contributed by atoms with E-state index in [4.69, 9.17) is 21.1 Å². The average Bonchev–Trinajstić information content (AvgIpc) is 2.99.